The second kappa shape index (κ2) is 10.5. The third kappa shape index (κ3) is 10.1. The number of methoxy groups -OCH3 is 1. The fourth-order valence-electron chi connectivity index (χ4n) is 1.88. The summed E-state index contributed by atoms with van der Waals surface area (Å²) in [6, 6.07) is 0. The highest BCUT2D eigenvalue weighted by atomic mass is 32.2. The van der Waals surface area contributed by atoms with E-state index >= 15 is 0 Å². The molecule has 1 N–H and O–H groups in total. The number of hydrogen-bond acceptors (Lipinski definition) is 6. The fraction of sp³-hybridized carbons (Fsp3) is 0.929. The molecule has 0 aliphatic heterocycles. The summed E-state index contributed by atoms with van der Waals surface area (Å²) in [6.45, 7) is 4.73. The van der Waals surface area contributed by atoms with Gasteiger partial charge >= 0.3 is 5.97 Å². The predicted octanol–water partition coefficient (Wildman–Crippen LogP) is 1.87. The van der Waals surface area contributed by atoms with Crippen molar-refractivity contribution in [2.24, 2.45) is 0 Å². The largest absolute Gasteiger partial charge is 0.468 e. The van der Waals surface area contributed by atoms with Crippen LogP contribution in [0.4, 0.5) is 0 Å². The van der Waals surface area contributed by atoms with Gasteiger partial charge in [-0.05, 0) is 38.5 Å². The average Bonchev–Trinajstić information content (AvgIpc) is 2.42. The Morgan fingerprint density at radius 2 is 1.95 bits per heavy atom. The van der Waals surface area contributed by atoms with Crippen molar-refractivity contribution in [1.82, 2.24) is 5.32 Å². The lowest BCUT2D eigenvalue weighted by Gasteiger charge is -2.28. The Balaban J connectivity index is 3.96. The number of unbranched alkanes of at least 4 members (excludes halogenated alkanes) is 1. The fourth-order valence-corrected chi connectivity index (χ4v) is 4.18. The highest BCUT2D eigenvalue weighted by Gasteiger charge is 2.32. The summed E-state index contributed by atoms with van der Waals surface area (Å²) in [7, 11) is -1.45. The number of carbonyl (C=O) groups is 1. The van der Waals surface area contributed by atoms with Gasteiger partial charge < -0.3 is 10.1 Å². The standard InChI is InChI=1S/C14H29NO4S2/c1-5-9-15-14(2,13(16)19-3)8-6-7-10-20-11-12-21(4,17)18/h15H,5-12H2,1-4H3. The summed E-state index contributed by atoms with van der Waals surface area (Å²) >= 11 is 1.65. The van der Waals surface area contributed by atoms with E-state index in [1.54, 1.807) is 11.8 Å². The lowest BCUT2D eigenvalue weighted by atomic mass is 9.95. The number of hydrogen-bond donors (Lipinski definition) is 1. The molecule has 21 heavy (non-hydrogen) atoms. The number of rotatable bonds is 12. The molecule has 0 rings (SSSR count). The number of nitrogens with one attached hydrogen (secondary N) is 1. The lowest BCUT2D eigenvalue weighted by molar-refractivity contribution is -0.148. The van der Waals surface area contributed by atoms with E-state index in [-0.39, 0.29) is 11.7 Å². The molecule has 0 aromatic carbocycles. The third-order valence-electron chi connectivity index (χ3n) is 3.21. The van der Waals surface area contributed by atoms with E-state index in [1.165, 1.54) is 13.4 Å². The topological polar surface area (TPSA) is 72.5 Å². The first-order valence-corrected chi connectivity index (χ1v) is 10.6. The maximum atomic E-state index is 11.9. The molecule has 0 aliphatic carbocycles. The van der Waals surface area contributed by atoms with E-state index < -0.39 is 15.4 Å². The van der Waals surface area contributed by atoms with Crippen LogP contribution in [0.2, 0.25) is 0 Å². The summed E-state index contributed by atoms with van der Waals surface area (Å²) in [5, 5.41) is 3.26. The van der Waals surface area contributed by atoms with E-state index in [9.17, 15) is 13.2 Å². The van der Waals surface area contributed by atoms with Gasteiger partial charge in [0, 0.05) is 12.0 Å². The summed E-state index contributed by atoms with van der Waals surface area (Å²) in [5.74, 6) is 1.57. The smallest absolute Gasteiger partial charge is 0.325 e. The molecule has 1 atom stereocenters. The Labute approximate surface area is 133 Å². The normalized spacial score (nSPS) is 14.7. The summed E-state index contributed by atoms with van der Waals surface area (Å²) in [5.41, 5.74) is -0.623. The van der Waals surface area contributed by atoms with Crippen LogP contribution in [0.5, 0.6) is 0 Å². The van der Waals surface area contributed by atoms with Crippen molar-refractivity contribution in [1.29, 1.82) is 0 Å². The minimum atomic E-state index is -2.86. The molecule has 0 aromatic heterocycles. The minimum absolute atomic E-state index is 0.222. The minimum Gasteiger partial charge on any atom is -0.468 e. The van der Waals surface area contributed by atoms with Crippen LogP contribution in [0.1, 0.15) is 39.5 Å². The molecular weight excluding hydrogens is 310 g/mol. The molecule has 0 aliphatic rings. The number of thioether (sulfide) groups is 1. The highest BCUT2D eigenvalue weighted by molar-refractivity contribution is 8.00. The molecule has 0 amide bonds. The third-order valence-corrected chi connectivity index (χ3v) is 5.49. The van der Waals surface area contributed by atoms with E-state index in [0.717, 1.165) is 38.0 Å². The first-order chi connectivity index (χ1) is 9.75. The van der Waals surface area contributed by atoms with Crippen LogP contribution < -0.4 is 5.32 Å². The zero-order valence-electron chi connectivity index (χ0n) is 13.6. The Kier molecular flexibility index (Phi) is 10.3. The molecule has 0 bridgehead atoms. The van der Waals surface area contributed by atoms with Crippen molar-refractivity contribution in [3.8, 4) is 0 Å². The van der Waals surface area contributed by atoms with Gasteiger partial charge in [-0.25, -0.2) is 8.42 Å². The Hall–Kier alpha value is -0.270. The second-order valence-corrected chi connectivity index (χ2v) is 8.93. The van der Waals surface area contributed by atoms with Gasteiger partial charge in [0.2, 0.25) is 0 Å². The van der Waals surface area contributed by atoms with Gasteiger partial charge in [-0.2, -0.15) is 11.8 Å². The van der Waals surface area contributed by atoms with Crippen LogP contribution in [-0.2, 0) is 19.4 Å². The molecular formula is C14H29NO4S2. The first-order valence-electron chi connectivity index (χ1n) is 7.34. The van der Waals surface area contributed by atoms with E-state index in [0.29, 0.717) is 5.75 Å². The molecule has 0 saturated heterocycles. The molecule has 0 saturated carbocycles. The van der Waals surface area contributed by atoms with E-state index in [4.69, 9.17) is 4.74 Å². The van der Waals surface area contributed by atoms with Gasteiger partial charge in [-0.15, -0.1) is 0 Å². The molecule has 5 nitrogen and oxygen atoms in total. The van der Waals surface area contributed by atoms with Crippen molar-refractivity contribution < 1.29 is 17.9 Å². The quantitative estimate of drug-likeness (QED) is 0.432. The van der Waals surface area contributed by atoms with Gasteiger partial charge in [-0.1, -0.05) is 13.3 Å². The summed E-state index contributed by atoms with van der Waals surface area (Å²) < 4.78 is 26.8. The zero-order chi connectivity index (χ0) is 16.4. The van der Waals surface area contributed by atoms with Crippen molar-refractivity contribution >= 4 is 27.6 Å². The number of carbonyl (C=O) groups excluding carboxylic acids is 1. The summed E-state index contributed by atoms with van der Waals surface area (Å²) in [4.78, 5) is 11.9. The molecule has 0 spiro atoms. The van der Waals surface area contributed by atoms with Crippen molar-refractivity contribution in [3.63, 3.8) is 0 Å². The molecule has 0 fully saturated rings. The maximum Gasteiger partial charge on any atom is 0.325 e. The average molecular weight is 340 g/mol. The van der Waals surface area contributed by atoms with Crippen LogP contribution in [0.15, 0.2) is 0 Å². The molecule has 7 heteroatoms. The molecule has 0 aromatic rings. The Morgan fingerprint density at radius 1 is 1.29 bits per heavy atom. The van der Waals surface area contributed by atoms with Gasteiger partial charge in [0.05, 0.1) is 12.9 Å². The van der Waals surface area contributed by atoms with Crippen molar-refractivity contribution in [3.05, 3.63) is 0 Å². The molecule has 126 valence electrons. The summed E-state index contributed by atoms with van der Waals surface area (Å²) in [6.07, 6.45) is 4.83. The van der Waals surface area contributed by atoms with E-state index in [1.807, 2.05) is 6.92 Å². The Bertz CT molecular complexity index is 398. The SMILES string of the molecule is CCCNC(C)(CCCCSCCS(C)(=O)=O)C(=O)OC. The van der Waals surface area contributed by atoms with Crippen LogP contribution in [0, 0.1) is 0 Å². The molecule has 1 unspecified atom stereocenters. The van der Waals surface area contributed by atoms with Crippen LogP contribution >= 0.6 is 11.8 Å². The molecule has 0 heterocycles. The number of ether oxygens (including phenoxy) is 1. The maximum absolute atomic E-state index is 11.9. The highest BCUT2D eigenvalue weighted by Crippen LogP contribution is 2.17. The van der Waals surface area contributed by atoms with Gasteiger partial charge in [0.1, 0.15) is 15.4 Å². The number of esters is 1. The Morgan fingerprint density at radius 3 is 2.48 bits per heavy atom. The zero-order valence-corrected chi connectivity index (χ0v) is 15.2. The van der Waals surface area contributed by atoms with E-state index in [2.05, 4.69) is 12.2 Å². The van der Waals surface area contributed by atoms with Crippen LogP contribution in [0.25, 0.3) is 0 Å². The lowest BCUT2D eigenvalue weighted by Crippen LogP contribution is -2.50. The van der Waals surface area contributed by atoms with Crippen molar-refractivity contribution in [2.75, 3.05) is 37.2 Å². The van der Waals surface area contributed by atoms with Gasteiger partial charge in [0.15, 0.2) is 0 Å². The van der Waals surface area contributed by atoms with Crippen LogP contribution in [-0.4, -0.2) is 57.1 Å². The molecule has 0 radical (unpaired) electrons. The van der Waals surface area contributed by atoms with Gasteiger partial charge in [-0.3, -0.25) is 4.79 Å². The second-order valence-electron chi connectivity index (χ2n) is 5.45. The predicted molar refractivity (Wildman–Crippen MR) is 89.6 cm³/mol. The number of sulfone groups is 1. The first kappa shape index (κ1) is 20.7. The van der Waals surface area contributed by atoms with Gasteiger partial charge in [0.25, 0.3) is 0 Å². The monoisotopic (exact) mass is 339 g/mol. The van der Waals surface area contributed by atoms with Crippen LogP contribution in [0.3, 0.4) is 0 Å². The van der Waals surface area contributed by atoms with Crippen molar-refractivity contribution in [2.45, 2.75) is 45.1 Å².